The molecule has 0 bridgehead atoms. The summed E-state index contributed by atoms with van der Waals surface area (Å²) >= 11 is 0. The predicted octanol–water partition coefficient (Wildman–Crippen LogP) is 2.33. The smallest absolute Gasteiger partial charge is 0.295 e. The summed E-state index contributed by atoms with van der Waals surface area (Å²) in [4.78, 5) is 10.1. The summed E-state index contributed by atoms with van der Waals surface area (Å²) in [5.41, 5.74) is -0.0858. The molecule has 2 aromatic rings. The maximum atomic E-state index is 12.9. The van der Waals surface area contributed by atoms with Crippen LogP contribution in [-0.2, 0) is 6.54 Å². The fourth-order valence-electron chi connectivity index (χ4n) is 1.32. The number of halogens is 1. The van der Waals surface area contributed by atoms with Crippen molar-refractivity contribution >= 4 is 11.4 Å². The van der Waals surface area contributed by atoms with E-state index in [-0.39, 0.29) is 17.9 Å². The van der Waals surface area contributed by atoms with Crippen LogP contribution in [-0.4, -0.2) is 10.1 Å². The quantitative estimate of drug-likeness (QED) is 0.651. The van der Waals surface area contributed by atoms with Gasteiger partial charge < -0.3 is 9.84 Å². The third-order valence-corrected chi connectivity index (χ3v) is 2.10. The molecular formula is C10H8FN3O3. The van der Waals surface area contributed by atoms with E-state index in [1.807, 2.05) is 0 Å². The number of rotatable bonds is 4. The van der Waals surface area contributed by atoms with Gasteiger partial charge in [0.15, 0.2) is 5.76 Å². The van der Waals surface area contributed by atoms with E-state index in [2.05, 4.69) is 10.5 Å². The number of nitro benzene ring substituents is 1. The van der Waals surface area contributed by atoms with Crippen molar-refractivity contribution in [2.45, 2.75) is 6.54 Å². The normalized spacial score (nSPS) is 10.2. The molecule has 0 spiro atoms. The zero-order chi connectivity index (χ0) is 12.3. The van der Waals surface area contributed by atoms with Gasteiger partial charge in [0, 0.05) is 6.07 Å². The topological polar surface area (TPSA) is 81.2 Å². The molecule has 0 saturated heterocycles. The minimum atomic E-state index is -0.651. The van der Waals surface area contributed by atoms with Crippen LogP contribution in [0.15, 0.2) is 35.0 Å². The van der Waals surface area contributed by atoms with E-state index >= 15 is 0 Å². The van der Waals surface area contributed by atoms with Gasteiger partial charge in [-0.3, -0.25) is 10.1 Å². The van der Waals surface area contributed by atoms with E-state index in [9.17, 15) is 14.5 Å². The molecule has 17 heavy (non-hydrogen) atoms. The molecule has 0 atom stereocenters. The maximum Gasteiger partial charge on any atom is 0.295 e. The van der Waals surface area contributed by atoms with Crippen LogP contribution in [0.5, 0.6) is 0 Å². The van der Waals surface area contributed by atoms with Gasteiger partial charge in [-0.25, -0.2) is 4.39 Å². The lowest BCUT2D eigenvalue weighted by Crippen LogP contribution is -2.02. The van der Waals surface area contributed by atoms with Crippen molar-refractivity contribution in [1.82, 2.24) is 5.16 Å². The van der Waals surface area contributed by atoms with Gasteiger partial charge in [-0.05, 0) is 12.1 Å². The van der Waals surface area contributed by atoms with Gasteiger partial charge >= 0.3 is 0 Å². The summed E-state index contributed by atoms with van der Waals surface area (Å²) in [6, 6.07) is 4.95. The van der Waals surface area contributed by atoms with Gasteiger partial charge in [-0.15, -0.1) is 0 Å². The van der Waals surface area contributed by atoms with E-state index < -0.39 is 10.7 Å². The van der Waals surface area contributed by atoms with Crippen molar-refractivity contribution in [2.24, 2.45) is 0 Å². The number of anilines is 1. The zero-order valence-corrected chi connectivity index (χ0v) is 8.59. The number of benzene rings is 1. The Balaban J connectivity index is 2.17. The maximum absolute atomic E-state index is 12.9. The highest BCUT2D eigenvalue weighted by molar-refractivity contribution is 5.61. The fourth-order valence-corrected chi connectivity index (χ4v) is 1.32. The first kappa shape index (κ1) is 11.1. The Morgan fingerprint density at radius 3 is 2.94 bits per heavy atom. The van der Waals surface area contributed by atoms with Gasteiger partial charge in [-0.2, -0.15) is 0 Å². The van der Waals surface area contributed by atoms with Crippen LogP contribution < -0.4 is 5.32 Å². The third-order valence-electron chi connectivity index (χ3n) is 2.10. The van der Waals surface area contributed by atoms with Gasteiger partial charge in [0.2, 0.25) is 0 Å². The first-order valence-corrected chi connectivity index (χ1v) is 4.74. The van der Waals surface area contributed by atoms with Crippen molar-refractivity contribution in [3.8, 4) is 0 Å². The third kappa shape index (κ3) is 2.57. The second-order valence-electron chi connectivity index (χ2n) is 3.25. The first-order chi connectivity index (χ1) is 8.16. The zero-order valence-electron chi connectivity index (χ0n) is 8.59. The van der Waals surface area contributed by atoms with E-state index in [1.165, 1.54) is 12.3 Å². The van der Waals surface area contributed by atoms with Gasteiger partial charge in [0.1, 0.15) is 11.5 Å². The molecule has 0 aliphatic rings. The SMILES string of the molecule is O=[N+]([O-])c1cc(F)ccc1NCc1ccno1. The van der Waals surface area contributed by atoms with Crippen LogP contribution in [0.1, 0.15) is 5.76 Å². The first-order valence-electron chi connectivity index (χ1n) is 4.74. The summed E-state index contributed by atoms with van der Waals surface area (Å²) in [6.07, 6.45) is 1.47. The number of hydrogen-bond donors (Lipinski definition) is 1. The van der Waals surface area contributed by atoms with Crippen LogP contribution in [0.3, 0.4) is 0 Å². The van der Waals surface area contributed by atoms with Gasteiger partial charge in [0.05, 0.1) is 23.7 Å². The second-order valence-corrected chi connectivity index (χ2v) is 3.25. The fraction of sp³-hybridized carbons (Fsp3) is 0.100. The molecule has 0 aliphatic carbocycles. The highest BCUT2D eigenvalue weighted by Gasteiger charge is 2.14. The van der Waals surface area contributed by atoms with E-state index in [0.29, 0.717) is 5.76 Å². The summed E-state index contributed by atoms with van der Waals surface area (Å²) in [7, 11) is 0. The predicted molar refractivity (Wildman–Crippen MR) is 56.9 cm³/mol. The molecule has 2 rings (SSSR count). The van der Waals surface area contributed by atoms with Gasteiger partial charge in [0.25, 0.3) is 5.69 Å². The Hall–Kier alpha value is -2.44. The summed E-state index contributed by atoms with van der Waals surface area (Å²) in [5, 5.41) is 17.0. The Labute approximate surface area is 95.2 Å². The summed E-state index contributed by atoms with van der Waals surface area (Å²) < 4.78 is 17.7. The Morgan fingerprint density at radius 1 is 1.47 bits per heavy atom. The molecule has 1 N–H and O–H groups in total. The van der Waals surface area contributed by atoms with E-state index in [4.69, 9.17) is 4.52 Å². The van der Waals surface area contributed by atoms with Crippen LogP contribution in [0.2, 0.25) is 0 Å². The molecule has 0 aliphatic heterocycles. The van der Waals surface area contributed by atoms with Crippen LogP contribution in [0, 0.1) is 15.9 Å². The molecule has 0 amide bonds. The highest BCUT2D eigenvalue weighted by atomic mass is 19.1. The lowest BCUT2D eigenvalue weighted by atomic mass is 10.2. The highest BCUT2D eigenvalue weighted by Crippen LogP contribution is 2.25. The molecule has 0 radical (unpaired) electrons. The van der Waals surface area contributed by atoms with Crippen molar-refractivity contribution in [1.29, 1.82) is 0 Å². The lowest BCUT2D eigenvalue weighted by molar-refractivity contribution is -0.384. The van der Waals surface area contributed by atoms with Crippen LogP contribution in [0.4, 0.5) is 15.8 Å². The number of nitrogens with one attached hydrogen (secondary N) is 1. The van der Waals surface area contributed by atoms with Gasteiger partial charge in [-0.1, -0.05) is 5.16 Å². The molecule has 0 unspecified atom stereocenters. The molecule has 1 aromatic heterocycles. The number of aromatic nitrogens is 1. The molecule has 1 aromatic carbocycles. The van der Waals surface area contributed by atoms with Crippen LogP contribution in [0.25, 0.3) is 0 Å². The summed E-state index contributed by atoms with van der Waals surface area (Å²) in [6.45, 7) is 0.243. The molecule has 7 heteroatoms. The number of nitro groups is 1. The number of hydrogen-bond acceptors (Lipinski definition) is 5. The van der Waals surface area contributed by atoms with E-state index in [0.717, 1.165) is 12.1 Å². The second kappa shape index (κ2) is 4.60. The molecule has 6 nitrogen and oxygen atoms in total. The average Bonchev–Trinajstić information content (AvgIpc) is 2.80. The monoisotopic (exact) mass is 237 g/mol. The van der Waals surface area contributed by atoms with Crippen molar-refractivity contribution in [3.05, 3.63) is 52.2 Å². The summed E-state index contributed by atoms with van der Waals surface area (Å²) in [5.74, 6) is -0.120. The van der Waals surface area contributed by atoms with Crippen molar-refractivity contribution in [3.63, 3.8) is 0 Å². The average molecular weight is 237 g/mol. The number of nitrogens with zero attached hydrogens (tertiary/aromatic N) is 2. The minimum Gasteiger partial charge on any atom is -0.372 e. The largest absolute Gasteiger partial charge is 0.372 e. The molecule has 0 fully saturated rings. The van der Waals surface area contributed by atoms with Crippen molar-refractivity contribution < 1.29 is 13.8 Å². The minimum absolute atomic E-state index is 0.229. The molecule has 0 saturated carbocycles. The molecule has 88 valence electrons. The Bertz CT molecular complexity index is 528. The Kier molecular flexibility index (Phi) is 2.99. The van der Waals surface area contributed by atoms with E-state index in [1.54, 1.807) is 6.07 Å². The Morgan fingerprint density at radius 2 is 2.29 bits per heavy atom. The molecule has 1 heterocycles. The lowest BCUT2D eigenvalue weighted by Gasteiger charge is -2.04. The van der Waals surface area contributed by atoms with Crippen molar-refractivity contribution in [2.75, 3.05) is 5.32 Å². The standard InChI is InChI=1S/C10H8FN3O3/c11-7-1-2-9(10(5-7)14(15)16)12-6-8-3-4-13-17-8/h1-5,12H,6H2. The molecular weight excluding hydrogens is 229 g/mol. The van der Waals surface area contributed by atoms with Crippen LogP contribution >= 0.6 is 0 Å².